The van der Waals surface area contributed by atoms with Crippen LogP contribution in [0, 0.1) is 6.92 Å². The Morgan fingerprint density at radius 1 is 1.12 bits per heavy atom. The van der Waals surface area contributed by atoms with Gasteiger partial charge >= 0.3 is 0 Å². The van der Waals surface area contributed by atoms with E-state index in [1.54, 1.807) is 6.20 Å². The lowest BCUT2D eigenvalue weighted by Gasteiger charge is -2.00. The molecule has 3 rings (SSSR count). The van der Waals surface area contributed by atoms with Gasteiger partial charge in [-0.25, -0.2) is 4.98 Å². The summed E-state index contributed by atoms with van der Waals surface area (Å²) < 4.78 is 3.14. The zero-order valence-corrected chi connectivity index (χ0v) is 10.8. The van der Waals surface area contributed by atoms with Crippen molar-refractivity contribution in [2.24, 2.45) is 0 Å². The Bertz CT molecular complexity index is 674. The Morgan fingerprint density at radius 3 is 2.76 bits per heavy atom. The first-order valence-electron chi connectivity index (χ1n) is 5.31. The molecule has 0 aromatic carbocycles. The molecule has 0 aliphatic carbocycles. The van der Waals surface area contributed by atoms with Crippen molar-refractivity contribution >= 4 is 21.6 Å². The molecule has 3 nitrogen and oxygen atoms in total. The SMILES string of the molecule is Cc1c(Br)ccc2nc(-c3ccccn3)cn12. The van der Waals surface area contributed by atoms with E-state index in [0.717, 1.165) is 27.2 Å². The molecule has 0 spiro atoms. The number of halogens is 1. The highest BCUT2D eigenvalue weighted by Gasteiger charge is 2.07. The van der Waals surface area contributed by atoms with E-state index in [1.807, 2.05) is 36.5 Å². The lowest BCUT2D eigenvalue weighted by molar-refractivity contribution is 1.08. The van der Waals surface area contributed by atoms with Crippen molar-refractivity contribution in [2.45, 2.75) is 6.92 Å². The third-order valence-electron chi connectivity index (χ3n) is 2.75. The molecule has 0 aliphatic heterocycles. The van der Waals surface area contributed by atoms with Crippen molar-refractivity contribution in [1.29, 1.82) is 0 Å². The zero-order chi connectivity index (χ0) is 11.8. The van der Waals surface area contributed by atoms with Crippen LogP contribution >= 0.6 is 15.9 Å². The monoisotopic (exact) mass is 287 g/mol. The summed E-state index contributed by atoms with van der Waals surface area (Å²) >= 11 is 3.52. The highest BCUT2D eigenvalue weighted by molar-refractivity contribution is 9.10. The Hall–Kier alpha value is -1.68. The molecule has 0 radical (unpaired) electrons. The van der Waals surface area contributed by atoms with Gasteiger partial charge in [0.15, 0.2) is 0 Å². The van der Waals surface area contributed by atoms with Crippen LogP contribution in [-0.4, -0.2) is 14.4 Å². The molecule has 0 saturated heterocycles. The second-order valence-corrected chi connectivity index (χ2v) is 4.69. The lowest BCUT2D eigenvalue weighted by Crippen LogP contribution is -1.89. The first-order valence-corrected chi connectivity index (χ1v) is 6.10. The highest BCUT2D eigenvalue weighted by atomic mass is 79.9. The lowest BCUT2D eigenvalue weighted by atomic mass is 10.3. The van der Waals surface area contributed by atoms with Gasteiger partial charge in [-0.3, -0.25) is 4.98 Å². The number of fused-ring (bicyclic) bond motifs is 1. The number of imidazole rings is 1. The smallest absolute Gasteiger partial charge is 0.137 e. The van der Waals surface area contributed by atoms with Crippen LogP contribution in [0.25, 0.3) is 17.0 Å². The van der Waals surface area contributed by atoms with Gasteiger partial charge in [0.05, 0.1) is 5.69 Å². The minimum atomic E-state index is 0.895. The average molecular weight is 288 g/mol. The second kappa shape index (κ2) is 3.96. The topological polar surface area (TPSA) is 30.2 Å². The molecular weight excluding hydrogens is 278 g/mol. The standard InChI is InChI=1S/C13H10BrN3/c1-9-10(14)5-6-13-16-12(8-17(9)13)11-4-2-3-7-15-11/h2-8H,1H3. The summed E-state index contributed by atoms with van der Waals surface area (Å²) in [6.07, 6.45) is 3.79. The molecule has 84 valence electrons. The summed E-state index contributed by atoms with van der Waals surface area (Å²) in [6, 6.07) is 9.84. The van der Waals surface area contributed by atoms with E-state index >= 15 is 0 Å². The van der Waals surface area contributed by atoms with E-state index in [4.69, 9.17) is 0 Å². The second-order valence-electron chi connectivity index (χ2n) is 3.84. The van der Waals surface area contributed by atoms with Gasteiger partial charge in [0.1, 0.15) is 11.3 Å². The van der Waals surface area contributed by atoms with Crippen LogP contribution in [0.4, 0.5) is 0 Å². The fraction of sp³-hybridized carbons (Fsp3) is 0.0769. The van der Waals surface area contributed by atoms with Crippen molar-refractivity contribution in [3.8, 4) is 11.4 Å². The first-order chi connectivity index (χ1) is 8.25. The van der Waals surface area contributed by atoms with Crippen LogP contribution in [0.2, 0.25) is 0 Å². The maximum Gasteiger partial charge on any atom is 0.137 e. The number of aromatic nitrogens is 3. The van der Waals surface area contributed by atoms with Crippen molar-refractivity contribution in [1.82, 2.24) is 14.4 Å². The molecule has 4 heteroatoms. The van der Waals surface area contributed by atoms with Crippen LogP contribution in [0.15, 0.2) is 47.2 Å². The molecule has 0 aliphatic rings. The number of hydrogen-bond donors (Lipinski definition) is 0. The van der Waals surface area contributed by atoms with Gasteiger partial charge in [-0.1, -0.05) is 6.07 Å². The summed E-state index contributed by atoms with van der Waals surface area (Å²) in [6.45, 7) is 2.06. The van der Waals surface area contributed by atoms with E-state index in [9.17, 15) is 0 Å². The molecule has 17 heavy (non-hydrogen) atoms. The molecule has 0 bridgehead atoms. The third kappa shape index (κ3) is 1.74. The van der Waals surface area contributed by atoms with E-state index in [0.29, 0.717) is 0 Å². The Morgan fingerprint density at radius 2 is 2.00 bits per heavy atom. The van der Waals surface area contributed by atoms with Gasteiger partial charge < -0.3 is 4.40 Å². The first kappa shape index (κ1) is 10.5. The fourth-order valence-electron chi connectivity index (χ4n) is 1.80. The summed E-state index contributed by atoms with van der Waals surface area (Å²) in [4.78, 5) is 8.87. The van der Waals surface area contributed by atoms with Gasteiger partial charge in [0, 0.05) is 22.6 Å². The summed E-state index contributed by atoms with van der Waals surface area (Å²) in [5.41, 5.74) is 3.86. The molecule has 0 atom stereocenters. The third-order valence-corrected chi connectivity index (χ3v) is 3.58. The Balaban J connectivity index is 2.24. The van der Waals surface area contributed by atoms with Gasteiger partial charge in [0.2, 0.25) is 0 Å². The number of rotatable bonds is 1. The average Bonchev–Trinajstić information content (AvgIpc) is 2.80. The van der Waals surface area contributed by atoms with Crippen LogP contribution in [0.1, 0.15) is 5.69 Å². The van der Waals surface area contributed by atoms with E-state index in [2.05, 4.69) is 37.2 Å². The van der Waals surface area contributed by atoms with Crippen molar-refractivity contribution in [2.75, 3.05) is 0 Å². The summed E-state index contributed by atoms with van der Waals surface area (Å²) in [5, 5.41) is 0. The zero-order valence-electron chi connectivity index (χ0n) is 9.26. The predicted octanol–water partition coefficient (Wildman–Crippen LogP) is 3.47. The quantitative estimate of drug-likeness (QED) is 0.686. The maximum absolute atomic E-state index is 4.56. The van der Waals surface area contributed by atoms with Crippen LogP contribution in [0.5, 0.6) is 0 Å². The predicted molar refractivity (Wildman–Crippen MR) is 70.9 cm³/mol. The number of pyridine rings is 2. The van der Waals surface area contributed by atoms with Gasteiger partial charge in [-0.2, -0.15) is 0 Å². The van der Waals surface area contributed by atoms with Gasteiger partial charge in [0.25, 0.3) is 0 Å². The molecule has 0 unspecified atom stereocenters. The molecule has 3 heterocycles. The summed E-state index contributed by atoms with van der Waals surface area (Å²) in [7, 11) is 0. The fourth-order valence-corrected chi connectivity index (χ4v) is 2.13. The number of hydrogen-bond acceptors (Lipinski definition) is 2. The minimum Gasteiger partial charge on any atom is -0.303 e. The van der Waals surface area contributed by atoms with E-state index < -0.39 is 0 Å². The molecule has 0 saturated carbocycles. The van der Waals surface area contributed by atoms with Crippen LogP contribution in [-0.2, 0) is 0 Å². The van der Waals surface area contributed by atoms with Gasteiger partial charge in [-0.05, 0) is 47.1 Å². The summed E-state index contributed by atoms with van der Waals surface area (Å²) in [5.74, 6) is 0. The molecular formula is C13H10BrN3. The Kier molecular flexibility index (Phi) is 2.44. The van der Waals surface area contributed by atoms with E-state index in [1.165, 1.54) is 0 Å². The number of aryl methyl sites for hydroxylation is 1. The highest BCUT2D eigenvalue weighted by Crippen LogP contribution is 2.21. The molecule has 0 fully saturated rings. The Labute approximate surface area is 107 Å². The van der Waals surface area contributed by atoms with Crippen molar-refractivity contribution in [3.63, 3.8) is 0 Å². The van der Waals surface area contributed by atoms with E-state index in [-0.39, 0.29) is 0 Å². The van der Waals surface area contributed by atoms with Crippen LogP contribution in [0.3, 0.4) is 0 Å². The number of nitrogens with zero attached hydrogens (tertiary/aromatic N) is 3. The van der Waals surface area contributed by atoms with Gasteiger partial charge in [-0.15, -0.1) is 0 Å². The molecule has 0 amide bonds. The molecule has 3 aromatic heterocycles. The molecule has 0 N–H and O–H groups in total. The minimum absolute atomic E-state index is 0.895. The maximum atomic E-state index is 4.56. The van der Waals surface area contributed by atoms with Crippen molar-refractivity contribution in [3.05, 3.63) is 52.9 Å². The molecule has 3 aromatic rings. The normalized spacial score (nSPS) is 10.9. The van der Waals surface area contributed by atoms with Crippen molar-refractivity contribution < 1.29 is 0 Å². The largest absolute Gasteiger partial charge is 0.303 e. The van der Waals surface area contributed by atoms with Crippen LogP contribution < -0.4 is 0 Å².